The molecule has 0 aromatic heterocycles. The third kappa shape index (κ3) is 3.85. The second-order valence-electron chi connectivity index (χ2n) is 5.58. The molecule has 0 radical (unpaired) electrons. The summed E-state index contributed by atoms with van der Waals surface area (Å²) in [6.45, 7) is 0.599. The van der Waals surface area contributed by atoms with Crippen LogP contribution in [0.2, 0.25) is 0 Å². The highest BCUT2D eigenvalue weighted by molar-refractivity contribution is 5.85. The van der Waals surface area contributed by atoms with Crippen molar-refractivity contribution in [2.75, 3.05) is 6.54 Å². The van der Waals surface area contributed by atoms with Gasteiger partial charge < -0.3 is 11.1 Å². The first-order valence-electron chi connectivity index (χ1n) is 6.75. The first kappa shape index (κ1) is 14.8. The summed E-state index contributed by atoms with van der Waals surface area (Å²) in [5, 5.41) is 3.18. The Kier molecular flexibility index (Phi) is 5.74. The minimum absolute atomic E-state index is 0. The van der Waals surface area contributed by atoms with E-state index in [2.05, 4.69) is 5.32 Å². The Morgan fingerprint density at radius 1 is 1.24 bits per heavy atom. The molecule has 0 unspecified atom stereocenters. The van der Waals surface area contributed by atoms with Gasteiger partial charge in [0.1, 0.15) is 0 Å². The molecule has 0 spiro atoms. The van der Waals surface area contributed by atoms with E-state index in [1.54, 1.807) is 0 Å². The molecule has 0 aromatic rings. The lowest BCUT2D eigenvalue weighted by atomic mass is 9.82. The highest BCUT2D eigenvalue weighted by Crippen LogP contribution is 2.31. The van der Waals surface area contributed by atoms with Crippen molar-refractivity contribution in [3.63, 3.8) is 0 Å². The van der Waals surface area contributed by atoms with E-state index in [-0.39, 0.29) is 23.9 Å². The molecule has 2 aliphatic rings. The highest BCUT2D eigenvalue weighted by Gasteiger charge is 2.33. The summed E-state index contributed by atoms with van der Waals surface area (Å²) in [6.07, 6.45) is 10.3. The van der Waals surface area contributed by atoms with Gasteiger partial charge in [0.2, 0.25) is 5.91 Å². The number of rotatable bonds is 5. The number of hydrogen-bond donors (Lipinski definition) is 2. The third-order valence-electron chi connectivity index (χ3n) is 4.36. The molecule has 17 heavy (non-hydrogen) atoms. The average molecular weight is 261 g/mol. The van der Waals surface area contributed by atoms with Gasteiger partial charge in [-0.25, -0.2) is 0 Å². The van der Waals surface area contributed by atoms with Crippen molar-refractivity contribution in [1.29, 1.82) is 0 Å². The highest BCUT2D eigenvalue weighted by atomic mass is 35.5. The van der Waals surface area contributed by atoms with Gasteiger partial charge in [0.15, 0.2) is 0 Å². The molecule has 3 N–H and O–H groups in total. The van der Waals surface area contributed by atoms with Crippen LogP contribution in [0.25, 0.3) is 0 Å². The van der Waals surface area contributed by atoms with E-state index in [4.69, 9.17) is 5.73 Å². The summed E-state index contributed by atoms with van der Waals surface area (Å²) >= 11 is 0. The Balaban J connectivity index is 0.00000144. The lowest BCUT2D eigenvalue weighted by molar-refractivity contribution is -0.123. The van der Waals surface area contributed by atoms with Crippen molar-refractivity contribution >= 4 is 18.3 Å². The first-order chi connectivity index (χ1) is 7.74. The molecule has 0 aromatic carbocycles. The van der Waals surface area contributed by atoms with Crippen molar-refractivity contribution in [1.82, 2.24) is 5.32 Å². The normalized spacial score (nSPS) is 22.6. The Bertz CT molecular complexity index is 248. The Morgan fingerprint density at radius 2 is 1.88 bits per heavy atom. The molecular formula is C13H25ClN2O. The number of carbonyl (C=O) groups is 1. The number of carbonyl (C=O) groups excluding carboxylic acids is 1. The predicted molar refractivity (Wildman–Crippen MR) is 72.2 cm³/mol. The minimum atomic E-state index is -0.0588. The smallest absolute Gasteiger partial charge is 0.220 e. The molecular weight excluding hydrogens is 236 g/mol. The second-order valence-corrected chi connectivity index (χ2v) is 5.58. The fourth-order valence-corrected chi connectivity index (χ4v) is 2.91. The number of amides is 1. The SMILES string of the molecule is Cl.NCC1(NC(=O)CCC2CCC2)CCCC1. The number of nitrogens with one attached hydrogen (secondary N) is 1. The zero-order chi connectivity index (χ0) is 11.4. The van der Waals surface area contributed by atoms with Crippen LogP contribution >= 0.6 is 12.4 Å². The fraction of sp³-hybridized carbons (Fsp3) is 0.923. The summed E-state index contributed by atoms with van der Waals surface area (Å²) in [7, 11) is 0. The van der Waals surface area contributed by atoms with Crippen molar-refractivity contribution in [3.05, 3.63) is 0 Å². The summed E-state index contributed by atoms with van der Waals surface area (Å²) in [5.41, 5.74) is 5.74. The van der Waals surface area contributed by atoms with Crippen LogP contribution in [0.5, 0.6) is 0 Å². The Hall–Kier alpha value is -0.280. The van der Waals surface area contributed by atoms with Crippen molar-refractivity contribution < 1.29 is 4.79 Å². The summed E-state index contributed by atoms with van der Waals surface area (Å²) in [5.74, 6) is 1.04. The average Bonchev–Trinajstić information content (AvgIpc) is 2.65. The van der Waals surface area contributed by atoms with Crippen molar-refractivity contribution in [3.8, 4) is 0 Å². The van der Waals surface area contributed by atoms with Gasteiger partial charge in [0.05, 0.1) is 5.54 Å². The standard InChI is InChI=1S/C13H24N2O.ClH/c14-10-13(8-1-2-9-13)15-12(16)7-6-11-4-3-5-11;/h11H,1-10,14H2,(H,15,16);1H. The van der Waals surface area contributed by atoms with Crippen LogP contribution in [0, 0.1) is 5.92 Å². The number of nitrogens with two attached hydrogens (primary N) is 1. The zero-order valence-electron chi connectivity index (χ0n) is 10.5. The quantitative estimate of drug-likeness (QED) is 0.798. The fourth-order valence-electron chi connectivity index (χ4n) is 2.91. The largest absolute Gasteiger partial charge is 0.349 e. The van der Waals surface area contributed by atoms with Crippen molar-refractivity contribution in [2.24, 2.45) is 11.7 Å². The van der Waals surface area contributed by atoms with E-state index in [1.165, 1.54) is 32.1 Å². The summed E-state index contributed by atoms with van der Waals surface area (Å²) in [6, 6.07) is 0. The van der Waals surface area contributed by atoms with Gasteiger partial charge in [-0.2, -0.15) is 0 Å². The van der Waals surface area contributed by atoms with Gasteiger partial charge in [0, 0.05) is 13.0 Å². The Morgan fingerprint density at radius 3 is 2.35 bits per heavy atom. The Labute approximate surface area is 110 Å². The topological polar surface area (TPSA) is 55.1 Å². The molecule has 3 nitrogen and oxygen atoms in total. The van der Waals surface area contributed by atoms with Crippen LogP contribution < -0.4 is 11.1 Å². The summed E-state index contributed by atoms with van der Waals surface area (Å²) < 4.78 is 0. The molecule has 2 aliphatic carbocycles. The molecule has 2 rings (SSSR count). The van der Waals surface area contributed by atoms with E-state index < -0.39 is 0 Å². The van der Waals surface area contributed by atoms with Crippen LogP contribution in [0.4, 0.5) is 0 Å². The van der Waals surface area contributed by atoms with Gasteiger partial charge in [-0.15, -0.1) is 12.4 Å². The molecule has 100 valence electrons. The lowest BCUT2D eigenvalue weighted by Crippen LogP contribution is -2.51. The van der Waals surface area contributed by atoms with Crippen LogP contribution in [-0.4, -0.2) is 18.0 Å². The lowest BCUT2D eigenvalue weighted by Gasteiger charge is -2.30. The van der Waals surface area contributed by atoms with Gasteiger partial charge >= 0.3 is 0 Å². The monoisotopic (exact) mass is 260 g/mol. The van der Waals surface area contributed by atoms with Gasteiger partial charge in [0.25, 0.3) is 0 Å². The number of hydrogen-bond acceptors (Lipinski definition) is 2. The maximum absolute atomic E-state index is 11.8. The molecule has 2 fully saturated rings. The van der Waals surface area contributed by atoms with Crippen molar-refractivity contribution in [2.45, 2.75) is 63.3 Å². The third-order valence-corrected chi connectivity index (χ3v) is 4.36. The van der Waals surface area contributed by atoms with E-state index in [9.17, 15) is 4.79 Å². The van der Waals surface area contributed by atoms with Crippen LogP contribution in [0.1, 0.15) is 57.8 Å². The number of halogens is 1. The second kappa shape index (κ2) is 6.60. The van der Waals surface area contributed by atoms with E-state index >= 15 is 0 Å². The molecule has 0 aliphatic heterocycles. The molecule has 0 saturated heterocycles. The van der Waals surface area contributed by atoms with Crippen LogP contribution in [-0.2, 0) is 4.79 Å². The molecule has 4 heteroatoms. The molecule has 1 amide bonds. The summed E-state index contributed by atoms with van der Waals surface area (Å²) in [4.78, 5) is 11.8. The minimum Gasteiger partial charge on any atom is -0.349 e. The van der Waals surface area contributed by atoms with Crippen LogP contribution in [0.3, 0.4) is 0 Å². The van der Waals surface area contributed by atoms with E-state index in [0.29, 0.717) is 13.0 Å². The van der Waals surface area contributed by atoms with E-state index in [0.717, 1.165) is 25.2 Å². The zero-order valence-corrected chi connectivity index (χ0v) is 11.4. The maximum Gasteiger partial charge on any atom is 0.220 e. The maximum atomic E-state index is 11.8. The van der Waals surface area contributed by atoms with E-state index in [1.807, 2.05) is 0 Å². The molecule has 0 bridgehead atoms. The van der Waals surface area contributed by atoms with Gasteiger partial charge in [-0.3, -0.25) is 4.79 Å². The van der Waals surface area contributed by atoms with Gasteiger partial charge in [-0.1, -0.05) is 32.1 Å². The first-order valence-corrected chi connectivity index (χ1v) is 6.75. The van der Waals surface area contributed by atoms with Gasteiger partial charge in [-0.05, 0) is 25.2 Å². The molecule has 0 atom stereocenters. The predicted octanol–water partition coefficient (Wildman–Crippen LogP) is 2.38. The molecule has 2 saturated carbocycles. The molecule has 0 heterocycles. The van der Waals surface area contributed by atoms with Crippen LogP contribution in [0.15, 0.2) is 0 Å².